The number of hydrogen-bond acceptors (Lipinski definition) is 4. The van der Waals surface area contributed by atoms with E-state index in [-0.39, 0.29) is 0 Å². The van der Waals surface area contributed by atoms with Crippen LogP contribution in [0.3, 0.4) is 0 Å². The fourth-order valence-electron chi connectivity index (χ4n) is 2.25. The van der Waals surface area contributed by atoms with Crippen molar-refractivity contribution in [2.45, 2.75) is 32.4 Å². The van der Waals surface area contributed by atoms with E-state index < -0.39 is 0 Å². The zero-order valence-corrected chi connectivity index (χ0v) is 11.4. The first kappa shape index (κ1) is 13.3. The van der Waals surface area contributed by atoms with Gasteiger partial charge in [0.2, 0.25) is 0 Å². The van der Waals surface area contributed by atoms with Gasteiger partial charge in [0.05, 0.1) is 6.10 Å². The minimum atomic E-state index is 0.359. The van der Waals surface area contributed by atoms with Crippen LogP contribution in [0, 0.1) is 0 Å². The van der Waals surface area contributed by atoms with E-state index in [1.54, 1.807) is 7.11 Å². The third-order valence-corrected chi connectivity index (χ3v) is 3.37. The molecule has 2 heterocycles. The van der Waals surface area contributed by atoms with Crippen LogP contribution in [0.2, 0.25) is 0 Å². The zero-order chi connectivity index (χ0) is 12.8. The van der Waals surface area contributed by atoms with Gasteiger partial charge in [0.15, 0.2) is 0 Å². The molecule has 0 radical (unpaired) electrons. The maximum atomic E-state index is 5.37. The average Bonchev–Trinajstić information content (AvgIpc) is 2.89. The Balaban J connectivity index is 1.87. The normalized spacial score (nSPS) is 19.4. The highest BCUT2D eigenvalue weighted by atomic mass is 16.5. The molecule has 1 unspecified atom stereocenters. The van der Waals surface area contributed by atoms with Crippen LogP contribution < -0.4 is 10.2 Å². The molecule has 2 rings (SSSR count). The van der Waals surface area contributed by atoms with Crippen LogP contribution in [-0.4, -0.2) is 37.8 Å². The van der Waals surface area contributed by atoms with E-state index in [9.17, 15) is 0 Å². The summed E-state index contributed by atoms with van der Waals surface area (Å²) in [4.78, 5) is 6.83. The van der Waals surface area contributed by atoms with Crippen molar-refractivity contribution in [1.29, 1.82) is 0 Å². The zero-order valence-electron chi connectivity index (χ0n) is 11.4. The van der Waals surface area contributed by atoms with E-state index in [2.05, 4.69) is 34.3 Å². The summed E-state index contributed by atoms with van der Waals surface area (Å²) in [5.41, 5.74) is 1.25. The van der Waals surface area contributed by atoms with Crippen molar-refractivity contribution < 1.29 is 4.74 Å². The second-order valence-electron chi connectivity index (χ2n) is 4.79. The van der Waals surface area contributed by atoms with Crippen molar-refractivity contribution in [2.75, 3.05) is 31.6 Å². The van der Waals surface area contributed by atoms with Gasteiger partial charge >= 0.3 is 0 Å². The van der Waals surface area contributed by atoms with Crippen molar-refractivity contribution in [3.8, 4) is 0 Å². The van der Waals surface area contributed by atoms with Crippen LogP contribution >= 0.6 is 0 Å². The molecule has 0 aromatic carbocycles. The third-order valence-electron chi connectivity index (χ3n) is 3.37. The molecule has 0 amide bonds. The molecule has 1 saturated heterocycles. The van der Waals surface area contributed by atoms with Crippen molar-refractivity contribution in [3.05, 3.63) is 23.9 Å². The highest BCUT2D eigenvalue weighted by Crippen LogP contribution is 2.19. The summed E-state index contributed by atoms with van der Waals surface area (Å²) in [6, 6.07) is 4.27. The molecule has 1 N–H and O–H groups in total. The molecule has 0 bridgehead atoms. The van der Waals surface area contributed by atoms with Gasteiger partial charge in [-0.3, -0.25) is 0 Å². The van der Waals surface area contributed by atoms with Gasteiger partial charge in [0, 0.05) is 32.9 Å². The quantitative estimate of drug-likeness (QED) is 0.780. The highest BCUT2D eigenvalue weighted by Gasteiger charge is 2.22. The summed E-state index contributed by atoms with van der Waals surface area (Å²) < 4.78 is 5.37. The Morgan fingerprint density at radius 3 is 3.00 bits per heavy atom. The molecule has 0 aliphatic carbocycles. The fraction of sp³-hybridized carbons (Fsp3) is 0.643. The number of anilines is 1. The van der Waals surface area contributed by atoms with Crippen molar-refractivity contribution >= 4 is 5.82 Å². The van der Waals surface area contributed by atoms with Crippen molar-refractivity contribution in [1.82, 2.24) is 10.3 Å². The summed E-state index contributed by atoms with van der Waals surface area (Å²) in [7, 11) is 1.78. The number of rotatable bonds is 6. The molecule has 1 fully saturated rings. The van der Waals surface area contributed by atoms with Gasteiger partial charge in [-0.2, -0.15) is 0 Å². The van der Waals surface area contributed by atoms with E-state index >= 15 is 0 Å². The average molecular weight is 249 g/mol. The fourth-order valence-corrected chi connectivity index (χ4v) is 2.25. The van der Waals surface area contributed by atoms with E-state index in [1.807, 2.05) is 6.20 Å². The van der Waals surface area contributed by atoms with Crippen molar-refractivity contribution in [2.24, 2.45) is 0 Å². The molecule has 0 spiro atoms. The predicted molar refractivity (Wildman–Crippen MR) is 73.9 cm³/mol. The number of methoxy groups -OCH3 is 1. The first-order chi connectivity index (χ1) is 8.83. The number of nitrogens with zero attached hydrogens (tertiary/aromatic N) is 2. The van der Waals surface area contributed by atoms with Gasteiger partial charge in [0.25, 0.3) is 0 Å². The van der Waals surface area contributed by atoms with Crippen LogP contribution in [0.4, 0.5) is 5.82 Å². The Labute approximate surface area is 109 Å². The highest BCUT2D eigenvalue weighted by molar-refractivity contribution is 5.40. The van der Waals surface area contributed by atoms with Crippen LogP contribution in [0.25, 0.3) is 0 Å². The number of pyridine rings is 1. The molecule has 1 aromatic heterocycles. The minimum Gasteiger partial charge on any atom is -0.380 e. The van der Waals surface area contributed by atoms with Crippen molar-refractivity contribution in [3.63, 3.8) is 0 Å². The Morgan fingerprint density at radius 1 is 1.50 bits per heavy atom. The molecular weight excluding hydrogens is 226 g/mol. The summed E-state index contributed by atoms with van der Waals surface area (Å²) in [5.74, 6) is 1.06. The summed E-state index contributed by atoms with van der Waals surface area (Å²) in [6.07, 6.45) is 4.59. The molecular formula is C14H23N3O. The molecule has 18 heavy (non-hydrogen) atoms. The predicted octanol–water partition coefficient (Wildman–Crippen LogP) is 1.81. The molecule has 1 atom stereocenters. The lowest BCUT2D eigenvalue weighted by atomic mass is 10.2. The first-order valence-electron chi connectivity index (χ1n) is 6.77. The molecule has 1 aliphatic heterocycles. The Bertz CT molecular complexity index is 353. The standard InChI is InChI=1S/C14H23N3O/c1-3-7-15-9-12-4-5-14(16-10-12)17-8-6-13(11-17)18-2/h4-5,10,13,15H,3,6-9,11H2,1-2H3. The second kappa shape index (κ2) is 6.71. The number of ether oxygens (including phenoxy) is 1. The van der Waals surface area contributed by atoms with Gasteiger partial charge in [-0.1, -0.05) is 13.0 Å². The van der Waals surface area contributed by atoms with Crippen LogP contribution in [0.5, 0.6) is 0 Å². The molecule has 100 valence electrons. The number of nitrogens with one attached hydrogen (secondary N) is 1. The Morgan fingerprint density at radius 2 is 2.39 bits per heavy atom. The van der Waals surface area contributed by atoms with Gasteiger partial charge in [-0.05, 0) is 31.0 Å². The van der Waals surface area contributed by atoms with Gasteiger partial charge in [-0.15, -0.1) is 0 Å². The monoisotopic (exact) mass is 249 g/mol. The number of hydrogen-bond donors (Lipinski definition) is 1. The SMILES string of the molecule is CCCNCc1ccc(N2CCC(OC)C2)nc1. The van der Waals surface area contributed by atoms with Crippen LogP contribution in [-0.2, 0) is 11.3 Å². The van der Waals surface area contributed by atoms with E-state index in [0.717, 1.165) is 44.8 Å². The Hall–Kier alpha value is -1.13. The molecule has 4 nitrogen and oxygen atoms in total. The second-order valence-corrected chi connectivity index (χ2v) is 4.79. The Kier molecular flexibility index (Phi) is 4.96. The van der Waals surface area contributed by atoms with Gasteiger partial charge < -0.3 is 15.0 Å². The smallest absolute Gasteiger partial charge is 0.128 e. The summed E-state index contributed by atoms with van der Waals surface area (Å²) in [6.45, 7) is 6.13. The first-order valence-corrected chi connectivity index (χ1v) is 6.77. The topological polar surface area (TPSA) is 37.4 Å². The van der Waals surface area contributed by atoms with Gasteiger partial charge in [0.1, 0.15) is 5.82 Å². The van der Waals surface area contributed by atoms with E-state index in [0.29, 0.717) is 6.10 Å². The van der Waals surface area contributed by atoms with Crippen LogP contribution in [0.1, 0.15) is 25.3 Å². The molecule has 0 saturated carbocycles. The lowest BCUT2D eigenvalue weighted by molar-refractivity contribution is 0.121. The van der Waals surface area contributed by atoms with Gasteiger partial charge in [-0.25, -0.2) is 4.98 Å². The van der Waals surface area contributed by atoms with E-state index in [1.165, 1.54) is 5.56 Å². The minimum absolute atomic E-state index is 0.359. The maximum absolute atomic E-state index is 5.37. The maximum Gasteiger partial charge on any atom is 0.128 e. The van der Waals surface area contributed by atoms with Crippen LogP contribution in [0.15, 0.2) is 18.3 Å². The third kappa shape index (κ3) is 3.43. The largest absolute Gasteiger partial charge is 0.380 e. The molecule has 1 aromatic rings. The molecule has 4 heteroatoms. The number of aromatic nitrogens is 1. The molecule has 1 aliphatic rings. The van der Waals surface area contributed by atoms with E-state index in [4.69, 9.17) is 4.74 Å². The lowest BCUT2D eigenvalue weighted by Gasteiger charge is -2.17. The summed E-state index contributed by atoms with van der Waals surface area (Å²) >= 11 is 0. The lowest BCUT2D eigenvalue weighted by Crippen LogP contribution is -2.23. The summed E-state index contributed by atoms with van der Waals surface area (Å²) in [5, 5.41) is 3.38.